The van der Waals surface area contributed by atoms with Gasteiger partial charge in [0.25, 0.3) is 0 Å². The fourth-order valence-corrected chi connectivity index (χ4v) is 1.90. The van der Waals surface area contributed by atoms with Gasteiger partial charge in [-0.3, -0.25) is 4.98 Å². The standard InChI is InChI=1S/C10H7BF3NO3S/c11-7-3-6-4-8(1-2-9(6)15-5-7)18-19(16,17)10(12,13)14/h1-5H,11H2. The van der Waals surface area contributed by atoms with E-state index in [-0.39, 0.29) is 0 Å². The Kier molecular flexibility index (Phi) is 3.17. The van der Waals surface area contributed by atoms with Crippen LogP contribution in [-0.2, 0) is 10.1 Å². The molecule has 1 aromatic carbocycles. The normalized spacial score (nSPS) is 12.6. The fraction of sp³-hybridized carbons (Fsp3) is 0.100. The van der Waals surface area contributed by atoms with Gasteiger partial charge in [0.2, 0.25) is 0 Å². The molecule has 0 aliphatic carbocycles. The number of nitrogens with zero attached hydrogens (tertiary/aromatic N) is 1. The second kappa shape index (κ2) is 4.41. The van der Waals surface area contributed by atoms with Gasteiger partial charge in [0.05, 0.1) is 5.52 Å². The Labute approximate surface area is 107 Å². The minimum absolute atomic E-state index is 0.405. The van der Waals surface area contributed by atoms with Crippen LogP contribution >= 0.6 is 0 Å². The van der Waals surface area contributed by atoms with Gasteiger partial charge in [0, 0.05) is 11.6 Å². The second-order valence-corrected chi connectivity index (χ2v) is 5.39. The topological polar surface area (TPSA) is 56.3 Å². The van der Waals surface area contributed by atoms with Crippen LogP contribution in [0.25, 0.3) is 10.9 Å². The lowest BCUT2D eigenvalue weighted by Gasteiger charge is -2.09. The van der Waals surface area contributed by atoms with Crippen molar-refractivity contribution in [1.29, 1.82) is 0 Å². The monoisotopic (exact) mass is 289 g/mol. The summed E-state index contributed by atoms with van der Waals surface area (Å²) in [6, 6.07) is 5.36. The van der Waals surface area contributed by atoms with E-state index < -0.39 is 21.4 Å². The van der Waals surface area contributed by atoms with E-state index >= 15 is 0 Å². The van der Waals surface area contributed by atoms with E-state index in [1.165, 1.54) is 12.1 Å². The highest BCUT2D eigenvalue weighted by atomic mass is 32.2. The zero-order valence-electron chi connectivity index (χ0n) is 9.60. The quantitative estimate of drug-likeness (QED) is 0.464. The van der Waals surface area contributed by atoms with Crippen LogP contribution < -0.4 is 9.65 Å². The van der Waals surface area contributed by atoms with Crippen molar-refractivity contribution in [2.24, 2.45) is 0 Å². The van der Waals surface area contributed by atoms with E-state index in [1.807, 2.05) is 0 Å². The first-order valence-electron chi connectivity index (χ1n) is 5.06. The summed E-state index contributed by atoms with van der Waals surface area (Å²) in [5.74, 6) is -0.405. The molecule has 0 spiro atoms. The van der Waals surface area contributed by atoms with Gasteiger partial charge < -0.3 is 4.18 Å². The first-order valence-corrected chi connectivity index (χ1v) is 6.47. The summed E-state index contributed by atoms with van der Waals surface area (Å²) in [6.07, 6.45) is 1.59. The van der Waals surface area contributed by atoms with Crippen LogP contribution in [0.5, 0.6) is 5.75 Å². The molecule has 9 heteroatoms. The maximum absolute atomic E-state index is 12.2. The van der Waals surface area contributed by atoms with Crippen LogP contribution in [0.1, 0.15) is 0 Å². The van der Waals surface area contributed by atoms with Crippen LogP contribution in [-0.4, -0.2) is 26.8 Å². The van der Waals surface area contributed by atoms with Gasteiger partial charge in [0.15, 0.2) is 0 Å². The third kappa shape index (κ3) is 2.81. The Morgan fingerprint density at radius 1 is 1.21 bits per heavy atom. The molecule has 0 amide bonds. The van der Waals surface area contributed by atoms with Crippen molar-refractivity contribution in [1.82, 2.24) is 4.98 Å². The Balaban J connectivity index is 2.42. The summed E-state index contributed by atoms with van der Waals surface area (Å²) in [4.78, 5) is 4.04. The number of aromatic nitrogens is 1. The number of halogens is 3. The smallest absolute Gasteiger partial charge is 0.376 e. The van der Waals surface area contributed by atoms with E-state index in [0.29, 0.717) is 10.9 Å². The van der Waals surface area contributed by atoms with Gasteiger partial charge in [-0.1, -0.05) is 11.5 Å². The summed E-state index contributed by atoms with van der Waals surface area (Å²) < 4.78 is 62.3. The number of fused-ring (bicyclic) bond motifs is 1. The average molecular weight is 289 g/mol. The molecule has 0 bridgehead atoms. The Morgan fingerprint density at radius 2 is 1.89 bits per heavy atom. The molecule has 0 atom stereocenters. The van der Waals surface area contributed by atoms with E-state index in [0.717, 1.165) is 11.5 Å². The Morgan fingerprint density at radius 3 is 2.53 bits per heavy atom. The summed E-state index contributed by atoms with van der Waals surface area (Å²) in [6.45, 7) is 0. The maximum Gasteiger partial charge on any atom is 0.534 e. The van der Waals surface area contributed by atoms with Crippen molar-refractivity contribution in [2.45, 2.75) is 5.51 Å². The van der Waals surface area contributed by atoms with Crippen LogP contribution in [0.2, 0.25) is 0 Å². The predicted molar refractivity (Wildman–Crippen MR) is 65.5 cm³/mol. The van der Waals surface area contributed by atoms with Gasteiger partial charge in [-0.15, -0.1) is 0 Å². The molecule has 0 fully saturated rings. The van der Waals surface area contributed by atoms with E-state index in [9.17, 15) is 21.6 Å². The largest absolute Gasteiger partial charge is 0.534 e. The first-order chi connectivity index (χ1) is 8.69. The molecule has 0 saturated heterocycles. The summed E-state index contributed by atoms with van der Waals surface area (Å²) in [5.41, 5.74) is -4.13. The van der Waals surface area contributed by atoms with Crippen molar-refractivity contribution in [3.8, 4) is 5.75 Å². The number of alkyl halides is 3. The fourth-order valence-electron chi connectivity index (χ4n) is 1.45. The van der Waals surface area contributed by atoms with Gasteiger partial charge in [-0.05, 0) is 18.2 Å². The highest BCUT2D eigenvalue weighted by Gasteiger charge is 2.48. The lowest BCUT2D eigenvalue weighted by molar-refractivity contribution is -0.0500. The van der Waals surface area contributed by atoms with E-state index in [4.69, 9.17) is 0 Å². The molecule has 0 radical (unpaired) electrons. The molecule has 1 aromatic heterocycles. The molecular weight excluding hydrogens is 282 g/mol. The third-order valence-corrected chi connectivity index (χ3v) is 3.26. The molecule has 0 saturated carbocycles. The predicted octanol–water partition coefficient (Wildman–Crippen LogP) is 0.722. The van der Waals surface area contributed by atoms with Crippen LogP contribution in [0, 0.1) is 0 Å². The number of pyridine rings is 1. The molecule has 0 aliphatic heterocycles. The van der Waals surface area contributed by atoms with Gasteiger partial charge >= 0.3 is 15.6 Å². The van der Waals surface area contributed by atoms with Gasteiger partial charge in [-0.2, -0.15) is 21.6 Å². The lowest BCUT2D eigenvalue weighted by atomic mass is 9.97. The minimum atomic E-state index is -5.65. The number of benzene rings is 1. The highest BCUT2D eigenvalue weighted by molar-refractivity contribution is 7.88. The van der Waals surface area contributed by atoms with Crippen molar-refractivity contribution in [2.75, 3.05) is 0 Å². The zero-order chi connectivity index (χ0) is 14.3. The molecule has 0 N–H and O–H groups in total. The van der Waals surface area contributed by atoms with Crippen molar-refractivity contribution >= 4 is 34.3 Å². The van der Waals surface area contributed by atoms with Crippen molar-refractivity contribution < 1.29 is 25.8 Å². The zero-order valence-corrected chi connectivity index (χ0v) is 10.4. The van der Waals surface area contributed by atoms with Crippen LogP contribution in [0.3, 0.4) is 0 Å². The van der Waals surface area contributed by atoms with Gasteiger partial charge in [0.1, 0.15) is 13.6 Å². The third-order valence-electron chi connectivity index (χ3n) is 2.28. The molecule has 0 aliphatic rings. The SMILES string of the molecule is Bc1cnc2ccc(OS(=O)(=O)C(F)(F)F)cc2c1. The van der Waals surface area contributed by atoms with Crippen molar-refractivity contribution in [3.63, 3.8) is 0 Å². The van der Waals surface area contributed by atoms with Crippen molar-refractivity contribution in [3.05, 3.63) is 30.5 Å². The number of rotatable bonds is 2. The Hall–Kier alpha value is -1.77. The lowest BCUT2D eigenvalue weighted by Crippen LogP contribution is -2.28. The molecule has 1 heterocycles. The van der Waals surface area contributed by atoms with Crippen LogP contribution in [0.15, 0.2) is 30.5 Å². The number of hydrogen-bond donors (Lipinski definition) is 0. The van der Waals surface area contributed by atoms with E-state index in [2.05, 4.69) is 9.17 Å². The Bertz CT molecular complexity index is 730. The molecule has 19 heavy (non-hydrogen) atoms. The maximum atomic E-state index is 12.2. The molecule has 4 nitrogen and oxygen atoms in total. The first kappa shape index (κ1) is 13.7. The molecule has 0 unspecified atom stereocenters. The summed E-state index contributed by atoms with van der Waals surface area (Å²) >= 11 is 0. The highest BCUT2D eigenvalue weighted by Crippen LogP contribution is 2.28. The van der Waals surface area contributed by atoms with Gasteiger partial charge in [-0.25, -0.2) is 0 Å². The molecule has 2 aromatic rings. The molecule has 2 rings (SSSR count). The second-order valence-electron chi connectivity index (χ2n) is 3.85. The molecular formula is C10H7BF3NO3S. The minimum Gasteiger partial charge on any atom is -0.376 e. The summed E-state index contributed by atoms with van der Waals surface area (Å²) in [5, 5.41) is 0.495. The van der Waals surface area contributed by atoms with E-state index in [1.54, 1.807) is 20.1 Å². The van der Waals surface area contributed by atoms with Crippen LogP contribution in [0.4, 0.5) is 13.2 Å². The summed E-state index contributed by atoms with van der Waals surface area (Å²) in [7, 11) is -3.89. The average Bonchev–Trinajstić information content (AvgIpc) is 2.26. The number of hydrogen-bond acceptors (Lipinski definition) is 4. The molecule has 100 valence electrons.